The van der Waals surface area contributed by atoms with E-state index < -0.39 is 0 Å². The van der Waals surface area contributed by atoms with Gasteiger partial charge in [0, 0.05) is 49.2 Å². The maximum Gasteiger partial charge on any atom is 0.228 e. The molecular formula is C33H47ClN6O2. The van der Waals surface area contributed by atoms with Crippen molar-refractivity contribution in [3.05, 3.63) is 47.5 Å². The normalized spacial score (nSPS) is 26.0. The number of halogens is 1. The zero-order valence-corrected chi connectivity index (χ0v) is 25.6. The van der Waals surface area contributed by atoms with E-state index in [1.165, 1.54) is 32.1 Å². The molecule has 8 nitrogen and oxygen atoms in total. The van der Waals surface area contributed by atoms with Gasteiger partial charge in [0.05, 0.1) is 5.92 Å². The Morgan fingerprint density at radius 2 is 1.71 bits per heavy atom. The van der Waals surface area contributed by atoms with E-state index in [0.29, 0.717) is 30.3 Å². The Balaban J connectivity index is 1.24. The number of hydrogen-bond donors (Lipinski definition) is 1. The topological polar surface area (TPSA) is 97.3 Å². The number of carbonyl (C=O) groups is 2. The molecule has 2 unspecified atom stereocenters. The minimum Gasteiger partial charge on any atom is -0.342 e. The van der Waals surface area contributed by atoms with Crippen LogP contribution in [0.25, 0.3) is 0 Å². The second-order valence-corrected chi connectivity index (χ2v) is 14.0. The van der Waals surface area contributed by atoms with Gasteiger partial charge in [-0.3, -0.25) is 14.3 Å². The van der Waals surface area contributed by atoms with Gasteiger partial charge < -0.3 is 15.5 Å². The van der Waals surface area contributed by atoms with E-state index in [1.54, 1.807) is 6.33 Å². The van der Waals surface area contributed by atoms with Crippen molar-refractivity contribution in [2.24, 2.45) is 28.9 Å². The summed E-state index contributed by atoms with van der Waals surface area (Å²) in [5, 5.41) is 5.16. The summed E-state index contributed by atoms with van der Waals surface area (Å²) in [7, 11) is 0. The van der Waals surface area contributed by atoms with Crippen LogP contribution in [0.4, 0.5) is 0 Å². The van der Waals surface area contributed by atoms with Crippen LogP contribution in [0, 0.1) is 23.2 Å². The molecule has 4 aliphatic rings. The third-order valence-electron chi connectivity index (χ3n) is 11.1. The fourth-order valence-electron chi connectivity index (χ4n) is 8.29. The number of hydrogen-bond acceptors (Lipinski definition) is 5. The monoisotopic (exact) mass is 594 g/mol. The Kier molecular flexibility index (Phi) is 9.20. The lowest BCUT2D eigenvalue weighted by atomic mass is 9.63. The molecule has 9 heteroatoms. The molecule has 2 amide bonds. The lowest BCUT2D eigenvalue weighted by Gasteiger charge is -2.49. The molecule has 3 heterocycles. The van der Waals surface area contributed by atoms with Gasteiger partial charge >= 0.3 is 0 Å². The quantitative estimate of drug-likeness (QED) is 0.459. The highest BCUT2D eigenvalue weighted by molar-refractivity contribution is 6.30. The first-order valence-electron chi connectivity index (χ1n) is 16.3. The van der Waals surface area contributed by atoms with Crippen molar-refractivity contribution >= 4 is 23.4 Å². The molecule has 2 aliphatic heterocycles. The molecule has 2 aromatic rings. The number of likely N-dealkylation sites (tertiary alicyclic amines) is 2. The standard InChI is InChI=1S/C33H47ClN6O2/c34-27-11-9-24(10-12-27)19-29(30-20-28(35)13-16-40(30)31(41)25-5-4-6-25)32(42)38-17-14-33(15-18-38,21-39-23-36-22-37-39)26-7-2-1-3-8-26/h9-12,22-23,25-26,28-30H,1-8,13-21,35H2/t28?,29-,30?/m1/s1. The van der Waals surface area contributed by atoms with Crippen molar-refractivity contribution in [2.45, 2.75) is 102 Å². The second-order valence-electron chi connectivity index (χ2n) is 13.6. The summed E-state index contributed by atoms with van der Waals surface area (Å²) in [6.45, 7) is 3.01. The minimum atomic E-state index is -0.320. The molecular weight excluding hydrogens is 548 g/mol. The molecule has 0 radical (unpaired) electrons. The van der Waals surface area contributed by atoms with Crippen molar-refractivity contribution in [1.82, 2.24) is 24.6 Å². The average Bonchev–Trinajstić information content (AvgIpc) is 3.49. The average molecular weight is 595 g/mol. The van der Waals surface area contributed by atoms with Crippen LogP contribution >= 0.6 is 11.6 Å². The van der Waals surface area contributed by atoms with Crippen LogP contribution < -0.4 is 5.73 Å². The molecule has 3 atom stereocenters. The first-order valence-corrected chi connectivity index (χ1v) is 16.7. The largest absolute Gasteiger partial charge is 0.342 e. The van der Waals surface area contributed by atoms with E-state index >= 15 is 0 Å². The van der Waals surface area contributed by atoms with E-state index in [1.807, 2.05) is 40.2 Å². The van der Waals surface area contributed by atoms with E-state index in [0.717, 1.165) is 63.7 Å². The molecule has 4 fully saturated rings. The summed E-state index contributed by atoms with van der Waals surface area (Å²) < 4.78 is 2.00. The smallest absolute Gasteiger partial charge is 0.228 e. The highest BCUT2D eigenvalue weighted by atomic mass is 35.5. The van der Waals surface area contributed by atoms with Crippen LogP contribution in [0.2, 0.25) is 5.02 Å². The van der Waals surface area contributed by atoms with Crippen molar-refractivity contribution in [3.8, 4) is 0 Å². The molecule has 2 N–H and O–H groups in total. The number of piperidine rings is 2. The fraction of sp³-hybridized carbons (Fsp3) is 0.697. The van der Waals surface area contributed by atoms with Crippen molar-refractivity contribution in [1.29, 1.82) is 0 Å². The van der Waals surface area contributed by atoms with Crippen LogP contribution in [0.15, 0.2) is 36.9 Å². The van der Waals surface area contributed by atoms with Gasteiger partial charge in [0.1, 0.15) is 12.7 Å². The third-order valence-corrected chi connectivity index (χ3v) is 11.3. The van der Waals surface area contributed by atoms with Gasteiger partial charge in [-0.05, 0) is 86.8 Å². The van der Waals surface area contributed by atoms with Crippen molar-refractivity contribution in [2.75, 3.05) is 19.6 Å². The summed E-state index contributed by atoms with van der Waals surface area (Å²) in [6.07, 6.45) is 17.0. The molecule has 2 aliphatic carbocycles. The minimum absolute atomic E-state index is 0.00365. The summed E-state index contributed by atoms with van der Waals surface area (Å²) in [4.78, 5) is 36.6. The number of nitrogens with zero attached hydrogens (tertiary/aromatic N) is 5. The van der Waals surface area contributed by atoms with E-state index in [2.05, 4.69) is 15.0 Å². The maximum atomic E-state index is 14.6. The third kappa shape index (κ3) is 6.40. The van der Waals surface area contributed by atoms with Crippen LogP contribution in [-0.4, -0.2) is 68.1 Å². The Morgan fingerprint density at radius 1 is 0.976 bits per heavy atom. The van der Waals surface area contributed by atoms with Gasteiger partial charge in [0.2, 0.25) is 11.8 Å². The molecule has 2 saturated carbocycles. The van der Waals surface area contributed by atoms with Gasteiger partial charge in [-0.2, -0.15) is 5.10 Å². The first-order chi connectivity index (χ1) is 20.4. The summed E-state index contributed by atoms with van der Waals surface area (Å²) in [5.74, 6) is 0.850. The number of rotatable bonds is 8. The van der Waals surface area contributed by atoms with E-state index in [9.17, 15) is 9.59 Å². The van der Waals surface area contributed by atoms with Crippen LogP contribution in [0.3, 0.4) is 0 Å². The van der Waals surface area contributed by atoms with E-state index in [4.69, 9.17) is 17.3 Å². The van der Waals surface area contributed by atoms with Crippen molar-refractivity contribution in [3.63, 3.8) is 0 Å². The summed E-state index contributed by atoms with van der Waals surface area (Å²) >= 11 is 6.21. The Hall–Kier alpha value is -2.45. The number of nitrogens with two attached hydrogens (primary N) is 1. The summed E-state index contributed by atoms with van der Waals surface area (Å²) in [6, 6.07) is 7.66. The molecule has 1 aromatic heterocycles. The number of carbonyl (C=O) groups excluding carboxylic acids is 2. The maximum absolute atomic E-state index is 14.6. The molecule has 1 aromatic carbocycles. The number of amides is 2. The Labute approximate surface area is 255 Å². The Bertz CT molecular complexity index is 1190. The second kappa shape index (κ2) is 13.0. The lowest BCUT2D eigenvalue weighted by molar-refractivity contribution is -0.149. The highest BCUT2D eigenvalue weighted by Crippen LogP contribution is 2.47. The first kappa shape index (κ1) is 29.6. The van der Waals surface area contributed by atoms with Gasteiger partial charge in [-0.1, -0.05) is 49.4 Å². The molecule has 2 saturated heterocycles. The molecule has 228 valence electrons. The molecule has 6 rings (SSSR count). The Morgan fingerprint density at radius 3 is 2.36 bits per heavy atom. The highest BCUT2D eigenvalue weighted by Gasteiger charge is 2.46. The summed E-state index contributed by atoms with van der Waals surface area (Å²) in [5.41, 5.74) is 7.74. The SMILES string of the molecule is NC1CCN(C(=O)C2CCC2)C([C@@H](Cc2ccc(Cl)cc2)C(=O)N2CCC(Cn3cncn3)(C3CCCCC3)CC2)C1. The van der Waals surface area contributed by atoms with Gasteiger partial charge in [0.25, 0.3) is 0 Å². The fourth-order valence-corrected chi connectivity index (χ4v) is 8.41. The predicted octanol–water partition coefficient (Wildman–Crippen LogP) is 5.10. The van der Waals surface area contributed by atoms with Gasteiger partial charge in [-0.25, -0.2) is 4.98 Å². The van der Waals surface area contributed by atoms with Gasteiger partial charge in [0.15, 0.2) is 0 Å². The van der Waals surface area contributed by atoms with Crippen molar-refractivity contribution < 1.29 is 9.59 Å². The van der Waals surface area contributed by atoms with Gasteiger partial charge in [-0.15, -0.1) is 0 Å². The van der Waals surface area contributed by atoms with Crippen LogP contribution in [0.5, 0.6) is 0 Å². The van der Waals surface area contributed by atoms with Crippen LogP contribution in [0.1, 0.15) is 82.6 Å². The van der Waals surface area contributed by atoms with Crippen LogP contribution in [-0.2, 0) is 22.6 Å². The zero-order chi connectivity index (χ0) is 29.1. The predicted molar refractivity (Wildman–Crippen MR) is 164 cm³/mol. The van der Waals surface area contributed by atoms with E-state index in [-0.39, 0.29) is 41.1 Å². The molecule has 0 bridgehead atoms. The lowest BCUT2D eigenvalue weighted by Crippen LogP contribution is -2.59. The number of aromatic nitrogens is 3. The molecule has 42 heavy (non-hydrogen) atoms. The zero-order valence-electron chi connectivity index (χ0n) is 24.9. The molecule has 0 spiro atoms. The number of benzene rings is 1.